The summed E-state index contributed by atoms with van der Waals surface area (Å²) in [6, 6.07) is 0. The molecule has 100 valence electrons. The largest absolute Gasteiger partial charge is 0.481 e. The molecule has 1 rings (SSSR count). The first-order valence-corrected chi connectivity index (χ1v) is 6.75. The van der Waals surface area contributed by atoms with E-state index in [0.29, 0.717) is 13.0 Å². The molecular weight excluding hydrogens is 216 g/mol. The molecular formula is C13H26N2O2. The molecule has 0 aromatic heterocycles. The van der Waals surface area contributed by atoms with Gasteiger partial charge in [-0.3, -0.25) is 4.79 Å². The molecule has 1 saturated heterocycles. The fourth-order valence-electron chi connectivity index (χ4n) is 2.50. The SMILES string of the molecule is CCC(CNCCC1CCCN(C)C1)C(=O)O. The van der Waals surface area contributed by atoms with Gasteiger partial charge in [-0.1, -0.05) is 6.92 Å². The molecule has 2 N–H and O–H groups in total. The van der Waals surface area contributed by atoms with E-state index in [2.05, 4.69) is 17.3 Å². The number of aliphatic carboxylic acids is 1. The van der Waals surface area contributed by atoms with Gasteiger partial charge in [0, 0.05) is 13.1 Å². The molecule has 4 heteroatoms. The highest BCUT2D eigenvalue weighted by molar-refractivity contribution is 5.70. The first-order valence-electron chi connectivity index (χ1n) is 6.75. The van der Waals surface area contributed by atoms with Crippen LogP contribution in [0.25, 0.3) is 0 Å². The molecule has 1 aliphatic heterocycles. The summed E-state index contributed by atoms with van der Waals surface area (Å²) in [5, 5.41) is 12.2. The summed E-state index contributed by atoms with van der Waals surface area (Å²) in [5.41, 5.74) is 0. The zero-order valence-corrected chi connectivity index (χ0v) is 11.1. The molecule has 1 heterocycles. The standard InChI is InChI=1S/C13H26N2O2/c1-3-12(13(16)17)9-14-7-6-11-5-4-8-15(2)10-11/h11-12,14H,3-10H2,1-2H3,(H,16,17). The van der Waals surface area contributed by atoms with Gasteiger partial charge in [0.1, 0.15) is 0 Å². The normalized spacial score (nSPS) is 23.5. The van der Waals surface area contributed by atoms with Crippen LogP contribution in [-0.4, -0.2) is 49.2 Å². The molecule has 0 bridgehead atoms. The van der Waals surface area contributed by atoms with Gasteiger partial charge in [0.2, 0.25) is 0 Å². The molecule has 0 aliphatic carbocycles. The predicted octanol–water partition coefficient (Wildman–Crippen LogP) is 1.42. The molecule has 1 aliphatic rings. The Morgan fingerprint density at radius 3 is 2.94 bits per heavy atom. The van der Waals surface area contributed by atoms with Crippen molar-refractivity contribution in [1.29, 1.82) is 0 Å². The van der Waals surface area contributed by atoms with Gasteiger partial charge < -0.3 is 15.3 Å². The van der Waals surface area contributed by atoms with Crippen LogP contribution in [0.4, 0.5) is 0 Å². The Bertz CT molecular complexity index is 233. The molecule has 17 heavy (non-hydrogen) atoms. The van der Waals surface area contributed by atoms with Gasteiger partial charge in [0.15, 0.2) is 0 Å². The predicted molar refractivity (Wildman–Crippen MR) is 69.1 cm³/mol. The van der Waals surface area contributed by atoms with Gasteiger partial charge in [-0.25, -0.2) is 0 Å². The number of hydrogen-bond donors (Lipinski definition) is 2. The minimum Gasteiger partial charge on any atom is -0.481 e. The van der Waals surface area contributed by atoms with Crippen LogP contribution < -0.4 is 5.32 Å². The zero-order valence-electron chi connectivity index (χ0n) is 11.1. The molecule has 0 radical (unpaired) electrons. The lowest BCUT2D eigenvalue weighted by Gasteiger charge is -2.29. The molecule has 0 aromatic rings. The van der Waals surface area contributed by atoms with Crippen molar-refractivity contribution in [2.75, 3.05) is 33.2 Å². The molecule has 0 amide bonds. The third-order valence-electron chi connectivity index (χ3n) is 3.68. The number of carboxylic acids is 1. The highest BCUT2D eigenvalue weighted by Gasteiger charge is 2.17. The lowest BCUT2D eigenvalue weighted by Crippen LogP contribution is -2.35. The molecule has 2 unspecified atom stereocenters. The van der Waals surface area contributed by atoms with Gasteiger partial charge in [0.25, 0.3) is 0 Å². The van der Waals surface area contributed by atoms with E-state index in [4.69, 9.17) is 5.11 Å². The van der Waals surface area contributed by atoms with Crippen LogP contribution in [0.15, 0.2) is 0 Å². The van der Waals surface area contributed by atoms with Gasteiger partial charge in [0.05, 0.1) is 5.92 Å². The summed E-state index contributed by atoms with van der Waals surface area (Å²) in [6.07, 6.45) is 4.49. The van der Waals surface area contributed by atoms with E-state index < -0.39 is 5.97 Å². The van der Waals surface area contributed by atoms with Crippen LogP contribution in [0.5, 0.6) is 0 Å². The van der Waals surface area contributed by atoms with E-state index in [1.54, 1.807) is 0 Å². The highest BCUT2D eigenvalue weighted by atomic mass is 16.4. The van der Waals surface area contributed by atoms with Gasteiger partial charge in [-0.05, 0) is 51.7 Å². The molecule has 0 spiro atoms. The fraction of sp³-hybridized carbons (Fsp3) is 0.923. The van der Waals surface area contributed by atoms with Crippen LogP contribution in [0.2, 0.25) is 0 Å². The number of likely N-dealkylation sites (tertiary alicyclic amines) is 1. The quantitative estimate of drug-likeness (QED) is 0.663. The second kappa shape index (κ2) is 7.67. The summed E-state index contributed by atoms with van der Waals surface area (Å²) >= 11 is 0. The van der Waals surface area contributed by atoms with Crippen molar-refractivity contribution < 1.29 is 9.90 Å². The molecule has 0 saturated carbocycles. The zero-order chi connectivity index (χ0) is 12.7. The summed E-state index contributed by atoms with van der Waals surface area (Å²) in [4.78, 5) is 13.2. The van der Waals surface area contributed by atoms with Crippen LogP contribution in [0.3, 0.4) is 0 Å². The van der Waals surface area contributed by atoms with Crippen LogP contribution in [-0.2, 0) is 4.79 Å². The van der Waals surface area contributed by atoms with E-state index in [1.807, 2.05) is 6.92 Å². The number of piperidine rings is 1. The smallest absolute Gasteiger partial charge is 0.307 e. The molecule has 0 aromatic carbocycles. The third kappa shape index (κ3) is 5.50. The summed E-state index contributed by atoms with van der Waals surface area (Å²) in [7, 11) is 2.18. The van der Waals surface area contributed by atoms with Crippen molar-refractivity contribution in [3.8, 4) is 0 Å². The average Bonchev–Trinajstić information content (AvgIpc) is 2.28. The number of rotatable bonds is 7. The average molecular weight is 242 g/mol. The lowest BCUT2D eigenvalue weighted by molar-refractivity contribution is -0.141. The number of nitrogens with zero attached hydrogens (tertiary/aromatic N) is 1. The first-order chi connectivity index (χ1) is 8.13. The van der Waals surface area contributed by atoms with E-state index in [-0.39, 0.29) is 5.92 Å². The maximum atomic E-state index is 10.8. The summed E-state index contributed by atoms with van der Waals surface area (Å²) in [6.45, 7) is 5.89. The first kappa shape index (κ1) is 14.5. The second-order valence-corrected chi connectivity index (χ2v) is 5.21. The van der Waals surface area contributed by atoms with Gasteiger partial charge in [-0.15, -0.1) is 0 Å². The lowest BCUT2D eigenvalue weighted by atomic mass is 9.95. The van der Waals surface area contributed by atoms with Crippen LogP contribution in [0.1, 0.15) is 32.6 Å². The number of hydrogen-bond acceptors (Lipinski definition) is 3. The molecule has 1 fully saturated rings. The number of carbonyl (C=O) groups is 1. The number of nitrogens with one attached hydrogen (secondary N) is 1. The maximum Gasteiger partial charge on any atom is 0.307 e. The Hall–Kier alpha value is -0.610. The van der Waals surface area contributed by atoms with Crippen molar-refractivity contribution in [3.63, 3.8) is 0 Å². The van der Waals surface area contributed by atoms with Crippen molar-refractivity contribution in [3.05, 3.63) is 0 Å². The Morgan fingerprint density at radius 1 is 1.59 bits per heavy atom. The second-order valence-electron chi connectivity index (χ2n) is 5.21. The maximum absolute atomic E-state index is 10.8. The third-order valence-corrected chi connectivity index (χ3v) is 3.68. The fourth-order valence-corrected chi connectivity index (χ4v) is 2.50. The molecule has 4 nitrogen and oxygen atoms in total. The van der Waals surface area contributed by atoms with Gasteiger partial charge >= 0.3 is 5.97 Å². The Labute approximate surface area is 104 Å². The van der Waals surface area contributed by atoms with Crippen LogP contribution in [0, 0.1) is 11.8 Å². The van der Waals surface area contributed by atoms with Crippen molar-refractivity contribution in [2.24, 2.45) is 11.8 Å². The Morgan fingerprint density at radius 2 is 2.35 bits per heavy atom. The van der Waals surface area contributed by atoms with E-state index in [9.17, 15) is 4.79 Å². The van der Waals surface area contributed by atoms with Gasteiger partial charge in [-0.2, -0.15) is 0 Å². The Kier molecular flexibility index (Phi) is 6.52. The summed E-state index contributed by atoms with van der Waals surface area (Å²) in [5.74, 6) is -0.132. The molecule has 2 atom stereocenters. The summed E-state index contributed by atoms with van der Waals surface area (Å²) < 4.78 is 0. The van der Waals surface area contributed by atoms with E-state index in [1.165, 1.54) is 32.4 Å². The highest BCUT2D eigenvalue weighted by Crippen LogP contribution is 2.17. The number of carboxylic acid groups (broad SMARTS) is 1. The minimum atomic E-state index is -0.683. The van der Waals surface area contributed by atoms with Crippen molar-refractivity contribution in [2.45, 2.75) is 32.6 Å². The van der Waals surface area contributed by atoms with E-state index in [0.717, 1.165) is 12.5 Å². The van der Waals surface area contributed by atoms with Crippen molar-refractivity contribution >= 4 is 5.97 Å². The Balaban J connectivity index is 2.09. The van der Waals surface area contributed by atoms with Crippen LogP contribution >= 0.6 is 0 Å². The monoisotopic (exact) mass is 242 g/mol. The minimum absolute atomic E-state index is 0.232. The van der Waals surface area contributed by atoms with Crippen molar-refractivity contribution in [1.82, 2.24) is 10.2 Å². The topological polar surface area (TPSA) is 52.6 Å². The van der Waals surface area contributed by atoms with E-state index >= 15 is 0 Å².